The summed E-state index contributed by atoms with van der Waals surface area (Å²) < 4.78 is 60.4. The van der Waals surface area contributed by atoms with Gasteiger partial charge in [-0.15, -0.1) is 0 Å². The van der Waals surface area contributed by atoms with E-state index >= 15 is 4.39 Å². The molecule has 0 aliphatic carbocycles. The Balaban J connectivity index is 1.62. The van der Waals surface area contributed by atoms with Crippen molar-refractivity contribution in [2.75, 3.05) is 5.32 Å². The van der Waals surface area contributed by atoms with Gasteiger partial charge in [-0.1, -0.05) is 50.6 Å². The van der Waals surface area contributed by atoms with E-state index in [1.165, 1.54) is 30.5 Å². The van der Waals surface area contributed by atoms with Crippen LogP contribution >= 0.6 is 11.6 Å². The lowest BCUT2D eigenvalue weighted by Crippen LogP contribution is -2.34. The van der Waals surface area contributed by atoms with Crippen molar-refractivity contribution in [3.63, 3.8) is 0 Å². The Labute approximate surface area is 232 Å². The van der Waals surface area contributed by atoms with Crippen molar-refractivity contribution < 1.29 is 31.9 Å². The molecule has 2 amide bonds. The predicted molar refractivity (Wildman–Crippen MR) is 144 cm³/mol. The molecule has 0 bridgehead atoms. The van der Waals surface area contributed by atoms with Gasteiger partial charge in [0, 0.05) is 40.2 Å². The van der Waals surface area contributed by atoms with Gasteiger partial charge in [0.15, 0.2) is 0 Å². The number of fused-ring (bicyclic) bond motifs is 1. The second-order valence-electron chi connectivity index (χ2n) is 9.93. The van der Waals surface area contributed by atoms with E-state index in [0.717, 1.165) is 12.1 Å². The zero-order chi connectivity index (χ0) is 29.2. The highest BCUT2D eigenvalue weighted by molar-refractivity contribution is 6.34. The molecule has 3 aromatic carbocycles. The first kappa shape index (κ1) is 28.8. The third kappa shape index (κ3) is 6.34. The summed E-state index contributed by atoms with van der Waals surface area (Å²) >= 11 is 6.18. The molecule has 0 aliphatic heterocycles. The molecule has 4 aromatic rings. The van der Waals surface area contributed by atoms with Gasteiger partial charge in [0.2, 0.25) is 11.8 Å². The molecule has 0 saturated heterocycles. The van der Waals surface area contributed by atoms with Gasteiger partial charge in [0.1, 0.15) is 11.6 Å². The smallest absolute Gasteiger partial charge is 0.416 e. The van der Waals surface area contributed by atoms with Crippen molar-refractivity contribution in [1.29, 1.82) is 0 Å². The van der Waals surface area contributed by atoms with Crippen molar-refractivity contribution in [3.8, 4) is 11.6 Å². The number of benzene rings is 3. The molecule has 1 heterocycles. The fraction of sp³-hybridized carbons (Fsp3) is 0.207. The van der Waals surface area contributed by atoms with E-state index in [-0.39, 0.29) is 40.4 Å². The second-order valence-corrected chi connectivity index (χ2v) is 10.3. The molecular formula is C29H24ClF4N3O3. The van der Waals surface area contributed by atoms with E-state index in [4.69, 9.17) is 16.3 Å². The van der Waals surface area contributed by atoms with Crippen LogP contribution in [0.4, 0.5) is 23.2 Å². The van der Waals surface area contributed by atoms with Crippen LogP contribution in [0.15, 0.2) is 66.9 Å². The lowest BCUT2D eigenvalue weighted by molar-refractivity contribution is -0.137. The van der Waals surface area contributed by atoms with E-state index in [1.807, 2.05) is 0 Å². The van der Waals surface area contributed by atoms with Gasteiger partial charge in [-0.3, -0.25) is 9.59 Å². The molecule has 2 N–H and O–H groups in total. The van der Waals surface area contributed by atoms with Crippen LogP contribution in [0.3, 0.4) is 0 Å². The average Bonchev–Trinajstić information content (AvgIpc) is 2.88. The number of ether oxygens (including phenoxy) is 1. The molecular weight excluding hydrogens is 550 g/mol. The molecule has 0 fully saturated rings. The van der Waals surface area contributed by atoms with E-state index in [1.54, 1.807) is 45.0 Å². The lowest BCUT2D eigenvalue weighted by Gasteiger charge is -2.18. The van der Waals surface area contributed by atoms with Crippen LogP contribution in [0.2, 0.25) is 5.02 Å². The largest absolute Gasteiger partial charge is 0.438 e. The van der Waals surface area contributed by atoms with Crippen molar-refractivity contribution >= 4 is 39.9 Å². The molecule has 0 saturated carbocycles. The molecule has 0 spiro atoms. The maximum absolute atomic E-state index is 15.4. The van der Waals surface area contributed by atoms with Gasteiger partial charge in [-0.25, -0.2) is 9.37 Å². The summed E-state index contributed by atoms with van der Waals surface area (Å²) in [4.78, 5) is 29.5. The Morgan fingerprint density at radius 1 is 0.975 bits per heavy atom. The number of aromatic nitrogens is 1. The van der Waals surface area contributed by atoms with Gasteiger partial charge in [-0.2, -0.15) is 13.2 Å². The van der Waals surface area contributed by atoms with Gasteiger partial charge >= 0.3 is 6.18 Å². The first-order valence-electron chi connectivity index (χ1n) is 12.0. The standard InChI is InChI=1S/C29H24ClF4N3O3/c1-28(2,3)27(39)36-15-16-10-11-21(30)23(24(16)31)25(38)37-22-9-5-8-20-19(22)12-13-35-26(20)40-18-7-4-6-17(14-18)29(32,33)34/h4-14H,15H2,1-3H3,(H,36,39)(H,37,38). The highest BCUT2D eigenvalue weighted by atomic mass is 35.5. The van der Waals surface area contributed by atoms with Crippen LogP contribution < -0.4 is 15.4 Å². The minimum Gasteiger partial charge on any atom is -0.438 e. The Morgan fingerprint density at radius 3 is 2.40 bits per heavy atom. The molecule has 6 nitrogen and oxygen atoms in total. The minimum absolute atomic E-state index is 0.00808. The summed E-state index contributed by atoms with van der Waals surface area (Å²) in [5.74, 6) is -2.08. The summed E-state index contributed by atoms with van der Waals surface area (Å²) in [5.41, 5.74) is -1.63. The maximum Gasteiger partial charge on any atom is 0.416 e. The highest BCUT2D eigenvalue weighted by Crippen LogP contribution is 2.35. The number of alkyl halides is 3. The summed E-state index contributed by atoms with van der Waals surface area (Å²) in [7, 11) is 0. The lowest BCUT2D eigenvalue weighted by atomic mass is 9.95. The number of carbonyl (C=O) groups is 2. The van der Waals surface area contributed by atoms with E-state index in [0.29, 0.717) is 10.8 Å². The molecule has 11 heteroatoms. The quantitative estimate of drug-likeness (QED) is 0.231. The third-order valence-electron chi connectivity index (χ3n) is 5.91. The number of halogens is 5. The molecule has 4 rings (SSSR count). The fourth-order valence-corrected chi connectivity index (χ4v) is 4.02. The van der Waals surface area contributed by atoms with E-state index in [2.05, 4.69) is 15.6 Å². The number of hydrogen-bond acceptors (Lipinski definition) is 4. The Kier molecular flexibility index (Phi) is 8.02. The predicted octanol–water partition coefficient (Wildman–Crippen LogP) is 7.75. The number of carbonyl (C=O) groups excluding carboxylic acids is 2. The Morgan fingerprint density at radius 2 is 1.70 bits per heavy atom. The van der Waals surface area contributed by atoms with Crippen LogP contribution in [0.25, 0.3) is 10.8 Å². The van der Waals surface area contributed by atoms with Crippen molar-refractivity contribution in [2.24, 2.45) is 5.41 Å². The van der Waals surface area contributed by atoms with E-state index in [9.17, 15) is 22.8 Å². The number of pyridine rings is 1. The second kappa shape index (κ2) is 11.1. The molecule has 0 aliphatic rings. The highest BCUT2D eigenvalue weighted by Gasteiger charge is 2.31. The van der Waals surface area contributed by atoms with Crippen molar-refractivity contribution in [3.05, 3.63) is 94.4 Å². The molecule has 0 radical (unpaired) electrons. The number of anilines is 1. The first-order valence-corrected chi connectivity index (χ1v) is 12.4. The van der Waals surface area contributed by atoms with Crippen molar-refractivity contribution in [2.45, 2.75) is 33.5 Å². The van der Waals surface area contributed by atoms with Gasteiger partial charge in [-0.05, 0) is 42.5 Å². The number of amides is 2. The topological polar surface area (TPSA) is 80.3 Å². The minimum atomic E-state index is -4.55. The normalized spacial score (nSPS) is 11.8. The number of nitrogens with one attached hydrogen (secondary N) is 2. The van der Waals surface area contributed by atoms with Crippen LogP contribution in [-0.4, -0.2) is 16.8 Å². The molecule has 0 atom stereocenters. The van der Waals surface area contributed by atoms with Gasteiger partial charge < -0.3 is 15.4 Å². The summed E-state index contributed by atoms with van der Waals surface area (Å²) in [6.07, 6.45) is -3.18. The number of nitrogens with zero attached hydrogens (tertiary/aromatic N) is 1. The molecule has 40 heavy (non-hydrogen) atoms. The zero-order valence-electron chi connectivity index (χ0n) is 21.6. The molecule has 208 valence electrons. The number of hydrogen-bond donors (Lipinski definition) is 2. The first-order chi connectivity index (χ1) is 18.8. The maximum atomic E-state index is 15.4. The summed E-state index contributed by atoms with van der Waals surface area (Å²) in [6, 6.07) is 13.4. The van der Waals surface area contributed by atoms with Crippen LogP contribution in [0, 0.1) is 11.2 Å². The fourth-order valence-electron chi connectivity index (χ4n) is 3.78. The zero-order valence-corrected chi connectivity index (χ0v) is 22.4. The average molecular weight is 574 g/mol. The monoisotopic (exact) mass is 573 g/mol. The molecule has 1 aromatic heterocycles. The number of rotatable bonds is 6. The summed E-state index contributed by atoms with van der Waals surface area (Å²) in [6.45, 7) is 5.01. The van der Waals surface area contributed by atoms with Crippen molar-refractivity contribution in [1.82, 2.24) is 10.3 Å². The third-order valence-corrected chi connectivity index (χ3v) is 6.23. The van der Waals surface area contributed by atoms with Gasteiger partial charge in [0.05, 0.1) is 16.1 Å². The van der Waals surface area contributed by atoms with Crippen LogP contribution in [-0.2, 0) is 17.5 Å². The van der Waals surface area contributed by atoms with E-state index < -0.39 is 34.4 Å². The van der Waals surface area contributed by atoms with Crippen LogP contribution in [0.1, 0.15) is 42.3 Å². The SMILES string of the molecule is CC(C)(C)C(=O)NCc1ccc(Cl)c(C(=O)Nc2cccc3c(Oc4cccc(C(F)(F)F)c4)nccc23)c1F. The Bertz CT molecular complexity index is 1600. The van der Waals surface area contributed by atoms with Gasteiger partial charge in [0.25, 0.3) is 5.91 Å². The van der Waals surface area contributed by atoms with Crippen LogP contribution in [0.5, 0.6) is 11.6 Å². The molecule has 0 unspecified atom stereocenters. The summed E-state index contributed by atoms with van der Waals surface area (Å²) in [5, 5.41) is 5.98. The Hall–Kier alpha value is -4.18.